The molecular weight excluding hydrogens is 330 g/mol. The van der Waals surface area contributed by atoms with Crippen LogP contribution in [0.5, 0.6) is 0 Å². The second-order valence-electron chi connectivity index (χ2n) is 5.67. The number of hydrogen-bond donors (Lipinski definition) is 2. The number of aryl methyl sites for hydroxylation is 1. The molecule has 2 aromatic carbocycles. The van der Waals surface area contributed by atoms with Gasteiger partial charge in [0.15, 0.2) is 0 Å². The number of nitro groups is 1. The zero-order chi connectivity index (χ0) is 18.1. The minimum absolute atomic E-state index is 0.166. The molecule has 1 unspecified atom stereocenters. The fourth-order valence-corrected chi connectivity index (χ4v) is 3.08. The molecule has 0 radical (unpaired) electrons. The normalized spacial score (nSPS) is 12.7. The van der Waals surface area contributed by atoms with Crippen molar-refractivity contribution in [3.63, 3.8) is 0 Å². The number of hydrogen-bond acceptors (Lipinski definition) is 5. The Morgan fingerprint density at radius 1 is 1.21 bits per heavy atom. The highest BCUT2D eigenvalue weighted by Gasteiger charge is 2.18. The van der Waals surface area contributed by atoms with Crippen LogP contribution in [0.1, 0.15) is 29.7 Å². The van der Waals surface area contributed by atoms with Crippen molar-refractivity contribution in [1.29, 1.82) is 0 Å². The molecule has 0 aliphatic rings. The van der Waals surface area contributed by atoms with Gasteiger partial charge in [-0.2, -0.15) is 0 Å². The molecule has 128 valence electrons. The Kier molecular flexibility index (Phi) is 4.91. The number of nitro benzene ring substituents is 1. The lowest BCUT2D eigenvalue weighted by atomic mass is 9.98. The number of nitrogens with one attached hydrogen (secondary N) is 1. The van der Waals surface area contributed by atoms with Crippen LogP contribution in [0.4, 0.5) is 11.4 Å². The Morgan fingerprint density at radius 2 is 1.88 bits per heavy atom. The van der Waals surface area contributed by atoms with Gasteiger partial charge in [-0.1, -0.05) is 18.2 Å². The van der Waals surface area contributed by atoms with E-state index in [1.165, 1.54) is 12.1 Å². The smallest absolute Gasteiger partial charge is 0.272 e. The van der Waals surface area contributed by atoms with E-state index in [-0.39, 0.29) is 16.6 Å². The van der Waals surface area contributed by atoms with Gasteiger partial charge in [-0.15, -0.1) is 0 Å². The van der Waals surface area contributed by atoms with Gasteiger partial charge in [-0.3, -0.25) is 10.1 Å². The molecule has 0 aliphatic carbocycles. The van der Waals surface area contributed by atoms with Gasteiger partial charge in [0, 0.05) is 23.9 Å². The summed E-state index contributed by atoms with van der Waals surface area (Å²) in [7, 11) is -4.04. The number of benzene rings is 2. The Bertz CT molecular complexity index is 894. The molecule has 0 saturated heterocycles. The second-order valence-corrected chi connectivity index (χ2v) is 7.23. The first-order valence-corrected chi connectivity index (χ1v) is 8.79. The number of rotatable bonds is 5. The molecule has 0 aromatic heterocycles. The molecule has 0 spiro atoms. The highest BCUT2D eigenvalue weighted by Crippen LogP contribution is 2.28. The first-order chi connectivity index (χ1) is 11.1. The molecule has 0 fully saturated rings. The van der Waals surface area contributed by atoms with Crippen molar-refractivity contribution in [3.8, 4) is 0 Å². The number of nitrogens with two attached hydrogens (primary N) is 1. The van der Waals surface area contributed by atoms with Crippen LogP contribution in [-0.2, 0) is 10.0 Å². The summed E-state index contributed by atoms with van der Waals surface area (Å²) in [4.78, 5) is 10.1. The molecule has 24 heavy (non-hydrogen) atoms. The van der Waals surface area contributed by atoms with Gasteiger partial charge >= 0.3 is 0 Å². The summed E-state index contributed by atoms with van der Waals surface area (Å²) in [6.07, 6.45) is 0. The van der Waals surface area contributed by atoms with E-state index in [4.69, 9.17) is 5.14 Å². The molecule has 0 heterocycles. The Hall–Kier alpha value is -2.45. The maximum atomic E-state index is 11.5. The molecule has 0 aliphatic heterocycles. The lowest BCUT2D eigenvalue weighted by Crippen LogP contribution is -2.14. The zero-order valence-electron chi connectivity index (χ0n) is 13.6. The molecule has 0 saturated carbocycles. The van der Waals surface area contributed by atoms with Crippen molar-refractivity contribution in [3.05, 3.63) is 63.2 Å². The molecule has 2 rings (SSSR count). The van der Waals surface area contributed by atoms with Crippen LogP contribution in [0.15, 0.2) is 41.3 Å². The average molecular weight is 349 g/mol. The topological polar surface area (TPSA) is 115 Å². The molecule has 7 nitrogen and oxygen atoms in total. The van der Waals surface area contributed by atoms with E-state index in [2.05, 4.69) is 5.32 Å². The standard InChI is InChI=1S/C16H19N3O4S/c1-10-5-4-6-16(11(10)2)12(3)18-13-7-14(19(20)21)9-15(8-13)24(17,22)23/h4-9,12,18H,1-3H3,(H2,17,22,23). The third-order valence-electron chi connectivity index (χ3n) is 3.93. The van der Waals surface area contributed by atoms with Gasteiger partial charge in [0.05, 0.1) is 9.82 Å². The van der Waals surface area contributed by atoms with E-state index in [0.717, 1.165) is 22.8 Å². The molecule has 0 amide bonds. The molecule has 3 N–H and O–H groups in total. The zero-order valence-corrected chi connectivity index (χ0v) is 14.4. The van der Waals surface area contributed by atoms with E-state index in [9.17, 15) is 18.5 Å². The average Bonchev–Trinajstić information content (AvgIpc) is 2.48. The summed E-state index contributed by atoms with van der Waals surface area (Å²) >= 11 is 0. The summed E-state index contributed by atoms with van der Waals surface area (Å²) in [5.74, 6) is 0. The monoisotopic (exact) mass is 349 g/mol. The number of anilines is 1. The third-order valence-corrected chi connectivity index (χ3v) is 4.82. The van der Waals surface area contributed by atoms with Crippen molar-refractivity contribution in [2.75, 3.05) is 5.32 Å². The van der Waals surface area contributed by atoms with Gasteiger partial charge < -0.3 is 5.32 Å². The van der Waals surface area contributed by atoms with Crippen LogP contribution in [0.25, 0.3) is 0 Å². The minimum atomic E-state index is -4.04. The highest BCUT2D eigenvalue weighted by molar-refractivity contribution is 7.89. The molecule has 8 heteroatoms. The molecule has 2 aromatic rings. The Balaban J connectivity index is 2.43. The number of nitrogens with zero attached hydrogens (tertiary/aromatic N) is 1. The number of non-ortho nitro benzene ring substituents is 1. The SMILES string of the molecule is Cc1cccc(C(C)Nc2cc([N+](=O)[O-])cc(S(N)(=O)=O)c2)c1C. The first kappa shape index (κ1) is 17.9. The first-order valence-electron chi connectivity index (χ1n) is 7.24. The van der Waals surface area contributed by atoms with Crippen molar-refractivity contribution < 1.29 is 13.3 Å². The van der Waals surface area contributed by atoms with Crippen molar-refractivity contribution >= 4 is 21.4 Å². The summed E-state index contributed by atoms with van der Waals surface area (Å²) < 4.78 is 23.1. The van der Waals surface area contributed by atoms with Crippen LogP contribution < -0.4 is 10.5 Å². The van der Waals surface area contributed by atoms with Gasteiger partial charge in [0.2, 0.25) is 10.0 Å². The van der Waals surface area contributed by atoms with E-state index in [1.54, 1.807) is 0 Å². The van der Waals surface area contributed by atoms with E-state index >= 15 is 0 Å². The predicted octanol–water partition coefficient (Wildman–Crippen LogP) is 3.03. The van der Waals surface area contributed by atoms with Crippen molar-refractivity contribution in [2.24, 2.45) is 5.14 Å². The van der Waals surface area contributed by atoms with Gasteiger partial charge in [-0.25, -0.2) is 13.6 Å². The van der Waals surface area contributed by atoms with Crippen LogP contribution in [0.3, 0.4) is 0 Å². The van der Waals surface area contributed by atoms with Crippen LogP contribution in [0.2, 0.25) is 0 Å². The summed E-state index contributed by atoms with van der Waals surface area (Å²) in [6.45, 7) is 5.89. The van der Waals surface area contributed by atoms with E-state index in [1.807, 2.05) is 39.0 Å². The third kappa shape index (κ3) is 3.90. The lowest BCUT2D eigenvalue weighted by Gasteiger charge is -2.19. The largest absolute Gasteiger partial charge is 0.378 e. The second kappa shape index (κ2) is 6.58. The van der Waals surface area contributed by atoms with Gasteiger partial charge in [0.1, 0.15) is 0 Å². The Morgan fingerprint density at radius 3 is 2.46 bits per heavy atom. The van der Waals surface area contributed by atoms with Crippen molar-refractivity contribution in [1.82, 2.24) is 0 Å². The fourth-order valence-electron chi connectivity index (χ4n) is 2.51. The maximum absolute atomic E-state index is 11.5. The maximum Gasteiger partial charge on any atom is 0.272 e. The predicted molar refractivity (Wildman–Crippen MR) is 92.4 cm³/mol. The fraction of sp³-hybridized carbons (Fsp3) is 0.250. The molecular formula is C16H19N3O4S. The van der Waals surface area contributed by atoms with Gasteiger partial charge in [0.25, 0.3) is 5.69 Å². The lowest BCUT2D eigenvalue weighted by molar-refractivity contribution is -0.385. The van der Waals surface area contributed by atoms with Crippen molar-refractivity contribution in [2.45, 2.75) is 31.7 Å². The minimum Gasteiger partial charge on any atom is -0.378 e. The number of primary sulfonamides is 1. The summed E-state index contributed by atoms with van der Waals surface area (Å²) in [6, 6.07) is 9.25. The summed E-state index contributed by atoms with van der Waals surface area (Å²) in [5, 5.41) is 19.2. The molecule has 1 atom stereocenters. The number of sulfonamides is 1. The van der Waals surface area contributed by atoms with Crippen LogP contribution >= 0.6 is 0 Å². The van der Waals surface area contributed by atoms with E-state index < -0.39 is 14.9 Å². The van der Waals surface area contributed by atoms with Gasteiger partial charge in [-0.05, 0) is 43.5 Å². The quantitative estimate of drug-likeness (QED) is 0.636. The van der Waals surface area contributed by atoms with Crippen LogP contribution in [-0.4, -0.2) is 13.3 Å². The van der Waals surface area contributed by atoms with Crippen LogP contribution in [0, 0.1) is 24.0 Å². The highest BCUT2D eigenvalue weighted by atomic mass is 32.2. The summed E-state index contributed by atoms with van der Waals surface area (Å²) in [5.41, 5.74) is 3.25. The Labute approximate surface area is 140 Å². The molecule has 0 bridgehead atoms. The van der Waals surface area contributed by atoms with E-state index in [0.29, 0.717) is 5.69 Å².